The molecular formula is C13H17BrN2OS. The first-order chi connectivity index (χ1) is 8.72. The van der Waals surface area contributed by atoms with Gasteiger partial charge in [-0.25, -0.2) is 0 Å². The van der Waals surface area contributed by atoms with Crippen LogP contribution >= 0.6 is 28.1 Å². The van der Waals surface area contributed by atoms with Crippen molar-refractivity contribution in [3.8, 4) is 0 Å². The Labute approximate surface area is 120 Å². The van der Waals surface area contributed by atoms with Crippen LogP contribution in [-0.4, -0.2) is 22.8 Å². The van der Waals surface area contributed by atoms with Crippen molar-refractivity contribution in [3.05, 3.63) is 27.4 Å². The lowest BCUT2D eigenvalue weighted by Gasteiger charge is -2.05. The highest BCUT2D eigenvalue weighted by Gasteiger charge is 2.04. The molecule has 0 aliphatic heterocycles. The van der Waals surface area contributed by atoms with Gasteiger partial charge in [-0.3, -0.25) is 0 Å². The van der Waals surface area contributed by atoms with Crippen LogP contribution in [0.3, 0.4) is 0 Å². The van der Waals surface area contributed by atoms with Gasteiger partial charge in [-0.1, -0.05) is 29.3 Å². The number of benzene rings is 1. The van der Waals surface area contributed by atoms with E-state index < -0.39 is 0 Å². The first-order valence-electron chi connectivity index (χ1n) is 6.18. The second-order valence-corrected chi connectivity index (χ2v) is 5.51. The van der Waals surface area contributed by atoms with Crippen LogP contribution < -0.4 is 0 Å². The van der Waals surface area contributed by atoms with Crippen molar-refractivity contribution < 1.29 is 4.74 Å². The van der Waals surface area contributed by atoms with Crippen LogP contribution in [-0.2, 0) is 11.3 Å². The number of H-pyrrole nitrogens is 1. The number of nitrogens with zero attached hydrogens (tertiary/aromatic N) is 1. The Hall–Kier alpha value is -0.650. The average Bonchev–Trinajstić information content (AvgIpc) is 2.64. The number of halogens is 1. The van der Waals surface area contributed by atoms with E-state index in [4.69, 9.17) is 17.0 Å². The summed E-state index contributed by atoms with van der Waals surface area (Å²) in [4.78, 5) is 3.21. The monoisotopic (exact) mass is 328 g/mol. The minimum atomic E-state index is 0.706. The third kappa shape index (κ3) is 3.22. The predicted octanol–water partition coefficient (Wildman–Crippen LogP) is 4.28. The lowest BCUT2D eigenvalue weighted by atomic mass is 10.3. The lowest BCUT2D eigenvalue weighted by molar-refractivity contribution is 0.124. The third-order valence-corrected chi connectivity index (χ3v) is 3.65. The highest BCUT2D eigenvalue weighted by molar-refractivity contribution is 9.10. The maximum absolute atomic E-state index is 5.58. The molecule has 0 aliphatic rings. The molecule has 0 radical (unpaired) electrons. The fourth-order valence-corrected chi connectivity index (χ4v) is 2.52. The minimum absolute atomic E-state index is 0.706. The van der Waals surface area contributed by atoms with E-state index in [-0.39, 0.29) is 0 Å². The van der Waals surface area contributed by atoms with Gasteiger partial charge in [0.2, 0.25) is 0 Å². The Morgan fingerprint density at radius 2 is 2.22 bits per heavy atom. The summed E-state index contributed by atoms with van der Waals surface area (Å²) in [7, 11) is 0. The van der Waals surface area contributed by atoms with Gasteiger partial charge in [-0.05, 0) is 36.8 Å². The Bertz CT molecular complexity index is 576. The number of ether oxygens (including phenoxy) is 1. The molecule has 1 N–H and O–H groups in total. The zero-order valence-electron chi connectivity index (χ0n) is 10.4. The van der Waals surface area contributed by atoms with Gasteiger partial charge in [0.15, 0.2) is 4.77 Å². The SMILES string of the molecule is CCCCOCCn1c(=S)[nH]c2cc(Br)ccc21. The molecule has 0 atom stereocenters. The Morgan fingerprint density at radius 3 is 3.00 bits per heavy atom. The molecule has 0 unspecified atom stereocenters. The molecule has 2 rings (SSSR count). The molecule has 1 heterocycles. The number of hydrogen-bond acceptors (Lipinski definition) is 2. The van der Waals surface area contributed by atoms with Crippen LogP contribution in [0.4, 0.5) is 0 Å². The van der Waals surface area contributed by atoms with Crippen molar-refractivity contribution in [2.24, 2.45) is 0 Å². The van der Waals surface area contributed by atoms with Gasteiger partial charge in [0.05, 0.1) is 17.6 Å². The predicted molar refractivity (Wildman–Crippen MR) is 80.5 cm³/mol. The molecular weight excluding hydrogens is 312 g/mol. The van der Waals surface area contributed by atoms with Gasteiger partial charge in [-0.2, -0.15) is 0 Å². The van der Waals surface area contributed by atoms with E-state index in [0.717, 1.165) is 39.8 Å². The van der Waals surface area contributed by atoms with Crippen molar-refractivity contribution in [1.29, 1.82) is 0 Å². The van der Waals surface area contributed by atoms with E-state index in [9.17, 15) is 0 Å². The molecule has 2 aromatic rings. The molecule has 0 saturated carbocycles. The fraction of sp³-hybridized carbons (Fsp3) is 0.462. The summed E-state index contributed by atoms with van der Waals surface area (Å²) < 4.78 is 9.48. The molecule has 3 nitrogen and oxygen atoms in total. The maximum Gasteiger partial charge on any atom is 0.178 e. The standard InChI is InChI=1S/C13H17BrN2OS/c1-2-3-7-17-8-6-16-12-5-4-10(14)9-11(12)15-13(16)18/h4-5,9H,2-3,6-8H2,1H3,(H,15,18). The summed E-state index contributed by atoms with van der Waals surface area (Å²) in [5.74, 6) is 0. The summed E-state index contributed by atoms with van der Waals surface area (Å²) in [5.41, 5.74) is 2.19. The topological polar surface area (TPSA) is 29.9 Å². The normalized spacial score (nSPS) is 11.2. The van der Waals surface area contributed by atoms with E-state index in [1.807, 2.05) is 12.1 Å². The van der Waals surface area contributed by atoms with Crippen molar-refractivity contribution in [2.75, 3.05) is 13.2 Å². The van der Waals surface area contributed by atoms with E-state index in [0.29, 0.717) is 6.61 Å². The lowest BCUT2D eigenvalue weighted by Crippen LogP contribution is -2.06. The zero-order chi connectivity index (χ0) is 13.0. The highest BCUT2D eigenvalue weighted by Crippen LogP contribution is 2.19. The Kier molecular flexibility index (Phi) is 4.97. The summed E-state index contributed by atoms with van der Waals surface area (Å²) in [5, 5.41) is 0. The number of aromatic nitrogens is 2. The number of fused-ring (bicyclic) bond motifs is 1. The number of aromatic amines is 1. The Balaban J connectivity index is 2.08. The van der Waals surface area contributed by atoms with Crippen molar-refractivity contribution in [2.45, 2.75) is 26.3 Å². The number of nitrogens with one attached hydrogen (secondary N) is 1. The van der Waals surface area contributed by atoms with E-state index >= 15 is 0 Å². The molecule has 0 fully saturated rings. The second-order valence-electron chi connectivity index (χ2n) is 4.21. The molecule has 18 heavy (non-hydrogen) atoms. The van der Waals surface area contributed by atoms with Crippen LogP contribution in [0.1, 0.15) is 19.8 Å². The van der Waals surface area contributed by atoms with Crippen molar-refractivity contribution >= 4 is 39.2 Å². The number of imidazole rings is 1. The summed E-state index contributed by atoms with van der Waals surface area (Å²) in [6.45, 7) is 4.50. The van der Waals surface area contributed by atoms with E-state index in [1.54, 1.807) is 0 Å². The van der Waals surface area contributed by atoms with Gasteiger partial charge in [0, 0.05) is 17.6 Å². The third-order valence-electron chi connectivity index (χ3n) is 2.84. The molecule has 5 heteroatoms. The van der Waals surface area contributed by atoms with Crippen LogP contribution in [0.5, 0.6) is 0 Å². The highest BCUT2D eigenvalue weighted by atomic mass is 79.9. The van der Waals surface area contributed by atoms with Crippen LogP contribution in [0.2, 0.25) is 0 Å². The maximum atomic E-state index is 5.58. The van der Waals surface area contributed by atoms with Crippen LogP contribution in [0.25, 0.3) is 11.0 Å². The zero-order valence-corrected chi connectivity index (χ0v) is 12.8. The molecule has 0 amide bonds. The second kappa shape index (κ2) is 6.50. The molecule has 1 aromatic heterocycles. The Morgan fingerprint density at radius 1 is 1.39 bits per heavy atom. The number of unbranched alkanes of at least 4 members (excludes halogenated alkanes) is 1. The first kappa shape index (κ1) is 13.8. The minimum Gasteiger partial charge on any atom is -0.380 e. The quantitative estimate of drug-likeness (QED) is 0.633. The molecule has 98 valence electrons. The largest absolute Gasteiger partial charge is 0.380 e. The summed E-state index contributed by atoms with van der Waals surface area (Å²) in [6.07, 6.45) is 2.28. The van der Waals surface area contributed by atoms with Gasteiger partial charge in [-0.15, -0.1) is 0 Å². The molecule has 1 aromatic carbocycles. The van der Waals surface area contributed by atoms with Crippen LogP contribution in [0, 0.1) is 4.77 Å². The molecule has 0 spiro atoms. The van der Waals surface area contributed by atoms with Crippen molar-refractivity contribution in [3.63, 3.8) is 0 Å². The van der Waals surface area contributed by atoms with E-state index in [1.165, 1.54) is 6.42 Å². The average molecular weight is 329 g/mol. The number of hydrogen-bond donors (Lipinski definition) is 1. The molecule has 0 bridgehead atoms. The van der Waals surface area contributed by atoms with Gasteiger partial charge in [0.25, 0.3) is 0 Å². The van der Waals surface area contributed by atoms with Crippen molar-refractivity contribution in [1.82, 2.24) is 9.55 Å². The van der Waals surface area contributed by atoms with Crippen LogP contribution in [0.15, 0.2) is 22.7 Å². The van der Waals surface area contributed by atoms with Gasteiger partial charge >= 0.3 is 0 Å². The first-order valence-corrected chi connectivity index (χ1v) is 7.38. The summed E-state index contributed by atoms with van der Waals surface area (Å²) in [6, 6.07) is 6.14. The fourth-order valence-electron chi connectivity index (χ4n) is 1.86. The molecule has 0 aliphatic carbocycles. The molecule has 0 saturated heterocycles. The number of rotatable bonds is 6. The van der Waals surface area contributed by atoms with E-state index in [2.05, 4.69) is 38.5 Å². The van der Waals surface area contributed by atoms with Gasteiger partial charge in [0.1, 0.15) is 0 Å². The smallest absolute Gasteiger partial charge is 0.178 e. The summed E-state index contributed by atoms with van der Waals surface area (Å²) >= 11 is 8.79. The van der Waals surface area contributed by atoms with Gasteiger partial charge < -0.3 is 14.3 Å².